The number of benzene rings is 1. The van der Waals surface area contributed by atoms with E-state index in [1.54, 1.807) is 12.1 Å². The summed E-state index contributed by atoms with van der Waals surface area (Å²) in [5.74, 6) is -0.894. The molecule has 14 heavy (non-hydrogen) atoms. The standard InChI is InChI=1S/C10H10BrNO2/c11-8-3-1-2-7(10(13)14)9(8)12-6-4-5-6/h1-3,6,12H,4-5H2,(H,13,14). The number of nitrogens with one attached hydrogen (secondary N) is 1. The topological polar surface area (TPSA) is 49.3 Å². The van der Waals surface area contributed by atoms with Gasteiger partial charge in [-0.25, -0.2) is 4.79 Å². The molecule has 0 atom stereocenters. The highest BCUT2D eigenvalue weighted by Crippen LogP contribution is 2.32. The second-order valence-corrected chi connectivity index (χ2v) is 4.24. The van der Waals surface area contributed by atoms with Gasteiger partial charge in [0, 0.05) is 10.5 Å². The number of para-hydroxylation sites is 1. The maximum absolute atomic E-state index is 10.9. The molecule has 74 valence electrons. The first-order valence-electron chi connectivity index (χ1n) is 4.47. The number of aromatic carboxylic acids is 1. The summed E-state index contributed by atoms with van der Waals surface area (Å²) in [5, 5.41) is 12.2. The van der Waals surface area contributed by atoms with E-state index in [4.69, 9.17) is 5.11 Å². The highest BCUT2D eigenvalue weighted by Gasteiger charge is 2.24. The van der Waals surface area contributed by atoms with E-state index in [1.807, 2.05) is 6.07 Å². The number of rotatable bonds is 3. The van der Waals surface area contributed by atoms with Crippen LogP contribution < -0.4 is 5.32 Å². The Bertz CT molecular complexity index is 374. The number of hydrogen-bond donors (Lipinski definition) is 2. The number of anilines is 1. The lowest BCUT2D eigenvalue weighted by atomic mass is 10.2. The largest absolute Gasteiger partial charge is 0.478 e. The number of carboxylic acid groups (broad SMARTS) is 1. The Hall–Kier alpha value is -1.03. The van der Waals surface area contributed by atoms with Crippen molar-refractivity contribution in [2.45, 2.75) is 18.9 Å². The third kappa shape index (κ3) is 1.90. The summed E-state index contributed by atoms with van der Waals surface area (Å²) in [6, 6.07) is 5.63. The summed E-state index contributed by atoms with van der Waals surface area (Å²) in [6.07, 6.45) is 2.25. The van der Waals surface area contributed by atoms with Crippen molar-refractivity contribution in [3.05, 3.63) is 28.2 Å². The molecule has 2 N–H and O–H groups in total. The molecule has 0 spiro atoms. The fraction of sp³-hybridized carbons (Fsp3) is 0.300. The van der Waals surface area contributed by atoms with Gasteiger partial charge in [-0.05, 0) is 40.9 Å². The maximum Gasteiger partial charge on any atom is 0.337 e. The molecular formula is C10H10BrNO2. The first-order chi connectivity index (χ1) is 6.68. The zero-order valence-electron chi connectivity index (χ0n) is 7.46. The molecule has 2 rings (SSSR count). The molecule has 1 saturated carbocycles. The molecule has 1 aromatic carbocycles. The molecule has 1 fully saturated rings. The lowest BCUT2D eigenvalue weighted by Gasteiger charge is -2.10. The maximum atomic E-state index is 10.9. The molecular weight excluding hydrogens is 246 g/mol. The van der Waals surface area contributed by atoms with Crippen LogP contribution in [0.2, 0.25) is 0 Å². The molecule has 1 aliphatic rings. The Morgan fingerprint density at radius 1 is 1.50 bits per heavy atom. The van der Waals surface area contributed by atoms with Crippen molar-refractivity contribution in [2.75, 3.05) is 5.32 Å². The van der Waals surface area contributed by atoms with Crippen molar-refractivity contribution < 1.29 is 9.90 Å². The fourth-order valence-electron chi connectivity index (χ4n) is 1.28. The molecule has 0 aliphatic heterocycles. The molecule has 0 unspecified atom stereocenters. The average Bonchev–Trinajstić information content (AvgIpc) is 2.91. The number of carboxylic acids is 1. The molecule has 4 heteroatoms. The Balaban J connectivity index is 2.36. The van der Waals surface area contributed by atoms with Crippen LogP contribution >= 0.6 is 15.9 Å². The summed E-state index contributed by atoms with van der Waals surface area (Å²) in [7, 11) is 0. The number of hydrogen-bond acceptors (Lipinski definition) is 2. The van der Waals surface area contributed by atoms with E-state index in [2.05, 4.69) is 21.2 Å². The smallest absolute Gasteiger partial charge is 0.337 e. The van der Waals surface area contributed by atoms with Crippen LogP contribution in [-0.2, 0) is 0 Å². The molecule has 0 amide bonds. The first kappa shape index (κ1) is 9.52. The van der Waals surface area contributed by atoms with Gasteiger partial charge in [-0.1, -0.05) is 6.07 Å². The Kier molecular flexibility index (Phi) is 2.46. The van der Waals surface area contributed by atoms with Gasteiger partial charge in [-0.2, -0.15) is 0 Å². The lowest BCUT2D eigenvalue weighted by molar-refractivity contribution is 0.0698. The summed E-state index contributed by atoms with van der Waals surface area (Å²) in [4.78, 5) is 10.9. The zero-order chi connectivity index (χ0) is 10.1. The van der Waals surface area contributed by atoms with E-state index < -0.39 is 5.97 Å². The molecule has 0 aromatic heterocycles. The molecule has 0 heterocycles. The predicted molar refractivity (Wildman–Crippen MR) is 57.7 cm³/mol. The van der Waals surface area contributed by atoms with Gasteiger partial charge in [-0.15, -0.1) is 0 Å². The highest BCUT2D eigenvalue weighted by molar-refractivity contribution is 9.10. The SMILES string of the molecule is O=C(O)c1cccc(Br)c1NC1CC1. The Morgan fingerprint density at radius 2 is 2.21 bits per heavy atom. The minimum atomic E-state index is -0.894. The van der Waals surface area contributed by atoms with Gasteiger partial charge >= 0.3 is 5.97 Å². The Labute approximate surface area is 90.3 Å². The molecule has 0 saturated heterocycles. The predicted octanol–water partition coefficient (Wildman–Crippen LogP) is 2.72. The summed E-state index contributed by atoms with van der Waals surface area (Å²) in [6.45, 7) is 0. The second-order valence-electron chi connectivity index (χ2n) is 3.39. The molecule has 1 aliphatic carbocycles. The normalized spacial score (nSPS) is 15.2. The van der Waals surface area contributed by atoms with E-state index in [1.165, 1.54) is 0 Å². The van der Waals surface area contributed by atoms with Gasteiger partial charge in [0.1, 0.15) is 0 Å². The van der Waals surface area contributed by atoms with E-state index in [-0.39, 0.29) is 0 Å². The molecule has 1 aromatic rings. The highest BCUT2D eigenvalue weighted by atomic mass is 79.9. The van der Waals surface area contributed by atoms with Crippen LogP contribution in [0.5, 0.6) is 0 Å². The monoisotopic (exact) mass is 255 g/mol. The van der Waals surface area contributed by atoms with Crippen molar-refractivity contribution in [3.63, 3.8) is 0 Å². The summed E-state index contributed by atoms with van der Waals surface area (Å²) < 4.78 is 0.810. The van der Waals surface area contributed by atoms with Crippen molar-refractivity contribution in [1.29, 1.82) is 0 Å². The molecule has 0 bridgehead atoms. The first-order valence-corrected chi connectivity index (χ1v) is 5.26. The van der Waals surface area contributed by atoms with E-state index in [0.29, 0.717) is 17.3 Å². The van der Waals surface area contributed by atoms with Crippen molar-refractivity contribution in [1.82, 2.24) is 0 Å². The van der Waals surface area contributed by atoms with Crippen molar-refractivity contribution in [3.8, 4) is 0 Å². The number of carbonyl (C=O) groups is 1. The van der Waals surface area contributed by atoms with Crippen LogP contribution in [-0.4, -0.2) is 17.1 Å². The van der Waals surface area contributed by atoms with Crippen LogP contribution in [0.1, 0.15) is 23.2 Å². The molecule has 0 radical (unpaired) electrons. The zero-order valence-corrected chi connectivity index (χ0v) is 9.04. The second kappa shape index (κ2) is 3.61. The van der Waals surface area contributed by atoms with Gasteiger partial charge in [-0.3, -0.25) is 0 Å². The summed E-state index contributed by atoms with van der Waals surface area (Å²) in [5.41, 5.74) is 1.02. The van der Waals surface area contributed by atoms with Gasteiger partial charge in [0.15, 0.2) is 0 Å². The average molecular weight is 256 g/mol. The van der Waals surface area contributed by atoms with Gasteiger partial charge in [0.05, 0.1) is 11.3 Å². The number of halogens is 1. The van der Waals surface area contributed by atoms with E-state index in [9.17, 15) is 4.79 Å². The Morgan fingerprint density at radius 3 is 2.79 bits per heavy atom. The van der Waals surface area contributed by atoms with E-state index in [0.717, 1.165) is 17.3 Å². The van der Waals surface area contributed by atoms with Crippen LogP contribution in [0.25, 0.3) is 0 Å². The van der Waals surface area contributed by atoms with Gasteiger partial charge in [0.25, 0.3) is 0 Å². The van der Waals surface area contributed by atoms with Crippen LogP contribution in [0.3, 0.4) is 0 Å². The quantitative estimate of drug-likeness (QED) is 0.874. The van der Waals surface area contributed by atoms with Crippen LogP contribution in [0.15, 0.2) is 22.7 Å². The third-order valence-corrected chi connectivity index (χ3v) is 2.83. The lowest BCUT2D eigenvalue weighted by Crippen LogP contribution is -2.08. The summed E-state index contributed by atoms with van der Waals surface area (Å²) >= 11 is 3.35. The van der Waals surface area contributed by atoms with Crippen molar-refractivity contribution in [2.24, 2.45) is 0 Å². The van der Waals surface area contributed by atoms with Crippen LogP contribution in [0.4, 0.5) is 5.69 Å². The van der Waals surface area contributed by atoms with Crippen LogP contribution in [0, 0.1) is 0 Å². The van der Waals surface area contributed by atoms with E-state index >= 15 is 0 Å². The molecule has 3 nitrogen and oxygen atoms in total. The van der Waals surface area contributed by atoms with Gasteiger partial charge < -0.3 is 10.4 Å². The van der Waals surface area contributed by atoms with Crippen molar-refractivity contribution >= 4 is 27.6 Å². The van der Waals surface area contributed by atoms with Gasteiger partial charge in [0.2, 0.25) is 0 Å². The minimum Gasteiger partial charge on any atom is -0.478 e. The third-order valence-electron chi connectivity index (χ3n) is 2.17. The fourth-order valence-corrected chi connectivity index (χ4v) is 1.76. The minimum absolute atomic E-state index is 0.325.